The number of nitrogens with zero attached hydrogens (tertiary/aromatic N) is 1. The minimum Gasteiger partial charge on any atom is -0.343 e. The number of carbonyl (C=O) groups excluding carboxylic acids is 3. The van der Waals surface area contributed by atoms with Gasteiger partial charge >= 0.3 is 0 Å². The van der Waals surface area contributed by atoms with Gasteiger partial charge in [0.15, 0.2) is 0 Å². The number of nitrogens with one attached hydrogen (secondary N) is 2. The zero-order chi connectivity index (χ0) is 20.8. The molecule has 0 atom stereocenters. The van der Waals surface area contributed by atoms with Crippen molar-refractivity contribution in [3.05, 3.63) is 77.3 Å². The number of rotatable bonds is 6. The summed E-state index contributed by atoms with van der Waals surface area (Å²) in [5.41, 5.74) is 0.945. The van der Waals surface area contributed by atoms with Gasteiger partial charge in [0.1, 0.15) is 0 Å². The first-order chi connectivity index (χ1) is 13.9. The third-order valence-electron chi connectivity index (χ3n) is 4.37. The minimum atomic E-state index is -0.381. The summed E-state index contributed by atoms with van der Waals surface area (Å²) in [4.78, 5) is 37.9. The van der Waals surface area contributed by atoms with E-state index in [0.717, 1.165) is 10.8 Å². The Kier molecular flexibility index (Phi) is 6.46. The highest BCUT2D eigenvalue weighted by atomic mass is 35.5. The number of halogens is 1. The molecule has 0 aliphatic carbocycles. The number of likely N-dealkylation sites (N-methyl/N-ethyl adjacent to an activating group) is 1. The molecule has 3 amide bonds. The van der Waals surface area contributed by atoms with Crippen molar-refractivity contribution in [3.63, 3.8) is 0 Å². The lowest BCUT2D eigenvalue weighted by atomic mass is 10.1. The number of anilines is 1. The molecule has 0 radical (unpaired) electrons. The van der Waals surface area contributed by atoms with Crippen LogP contribution in [0.25, 0.3) is 10.8 Å². The molecule has 3 rings (SSSR count). The molecule has 2 N–H and O–H groups in total. The smallest absolute Gasteiger partial charge is 0.251 e. The number of hydrogen-bond donors (Lipinski definition) is 2. The summed E-state index contributed by atoms with van der Waals surface area (Å²) in [5, 5.41) is 7.64. The van der Waals surface area contributed by atoms with E-state index in [-0.39, 0.29) is 30.8 Å². The Morgan fingerprint density at radius 2 is 1.62 bits per heavy atom. The number of carbonyl (C=O) groups is 3. The largest absolute Gasteiger partial charge is 0.343 e. The van der Waals surface area contributed by atoms with Crippen LogP contribution in [0.1, 0.15) is 10.4 Å². The van der Waals surface area contributed by atoms with Crippen LogP contribution in [0.5, 0.6) is 0 Å². The lowest BCUT2D eigenvalue weighted by Gasteiger charge is -2.17. The van der Waals surface area contributed by atoms with Crippen molar-refractivity contribution in [1.82, 2.24) is 10.2 Å². The fourth-order valence-corrected chi connectivity index (χ4v) is 2.96. The maximum atomic E-state index is 12.3. The molecule has 0 heterocycles. The highest BCUT2D eigenvalue weighted by Gasteiger charge is 2.15. The van der Waals surface area contributed by atoms with Gasteiger partial charge in [-0.3, -0.25) is 14.4 Å². The Hall–Kier alpha value is -3.38. The summed E-state index contributed by atoms with van der Waals surface area (Å²) in [6, 6.07) is 19.9. The van der Waals surface area contributed by atoms with Gasteiger partial charge in [0.2, 0.25) is 11.8 Å². The van der Waals surface area contributed by atoms with Crippen molar-refractivity contribution in [1.29, 1.82) is 0 Å². The van der Waals surface area contributed by atoms with Gasteiger partial charge in [0, 0.05) is 12.6 Å². The van der Waals surface area contributed by atoms with E-state index in [4.69, 9.17) is 11.6 Å². The third kappa shape index (κ3) is 5.33. The zero-order valence-corrected chi connectivity index (χ0v) is 16.6. The van der Waals surface area contributed by atoms with E-state index in [1.165, 1.54) is 11.9 Å². The van der Waals surface area contributed by atoms with Gasteiger partial charge < -0.3 is 15.5 Å². The van der Waals surface area contributed by atoms with E-state index in [2.05, 4.69) is 10.6 Å². The Morgan fingerprint density at radius 3 is 2.38 bits per heavy atom. The Bertz CT molecular complexity index is 1070. The Balaban J connectivity index is 1.51. The third-order valence-corrected chi connectivity index (χ3v) is 4.70. The first-order valence-electron chi connectivity index (χ1n) is 8.99. The molecule has 7 heteroatoms. The molecule has 3 aromatic rings. The molecule has 0 aliphatic heterocycles. The molecule has 6 nitrogen and oxygen atoms in total. The number of para-hydroxylation sites is 1. The topological polar surface area (TPSA) is 78.5 Å². The number of amides is 3. The van der Waals surface area contributed by atoms with Gasteiger partial charge in [-0.2, -0.15) is 0 Å². The molecule has 0 unspecified atom stereocenters. The van der Waals surface area contributed by atoms with Gasteiger partial charge in [-0.25, -0.2) is 0 Å². The van der Waals surface area contributed by atoms with E-state index in [9.17, 15) is 14.4 Å². The predicted molar refractivity (Wildman–Crippen MR) is 114 cm³/mol. The summed E-state index contributed by atoms with van der Waals surface area (Å²) < 4.78 is 0. The van der Waals surface area contributed by atoms with E-state index in [1.54, 1.807) is 36.4 Å². The van der Waals surface area contributed by atoms with Crippen LogP contribution in [0.3, 0.4) is 0 Å². The monoisotopic (exact) mass is 409 g/mol. The second-order valence-corrected chi connectivity index (χ2v) is 6.93. The van der Waals surface area contributed by atoms with E-state index < -0.39 is 0 Å². The summed E-state index contributed by atoms with van der Waals surface area (Å²) in [6.45, 7) is -0.364. The van der Waals surface area contributed by atoms with Crippen molar-refractivity contribution >= 4 is 45.8 Å². The van der Waals surface area contributed by atoms with Gasteiger partial charge in [-0.05, 0) is 35.0 Å². The molecule has 0 bridgehead atoms. The van der Waals surface area contributed by atoms with Crippen LogP contribution in [-0.2, 0) is 9.59 Å². The van der Waals surface area contributed by atoms with E-state index in [1.807, 2.05) is 30.3 Å². The van der Waals surface area contributed by atoms with Crippen molar-refractivity contribution in [2.75, 3.05) is 25.5 Å². The molecule has 148 valence electrons. The molecule has 3 aromatic carbocycles. The molecular formula is C22H20ClN3O3. The Morgan fingerprint density at radius 1 is 0.931 bits per heavy atom. The number of benzene rings is 3. The van der Waals surface area contributed by atoms with Crippen molar-refractivity contribution in [2.45, 2.75) is 0 Å². The number of fused-ring (bicyclic) bond motifs is 1. The maximum absolute atomic E-state index is 12.3. The molecule has 29 heavy (non-hydrogen) atoms. The fourth-order valence-electron chi connectivity index (χ4n) is 2.78. The van der Waals surface area contributed by atoms with Crippen LogP contribution < -0.4 is 10.6 Å². The van der Waals surface area contributed by atoms with Crippen LogP contribution >= 0.6 is 11.6 Å². The summed E-state index contributed by atoms with van der Waals surface area (Å²) in [5.74, 6) is -1.11. The summed E-state index contributed by atoms with van der Waals surface area (Å²) >= 11 is 6.00. The normalized spacial score (nSPS) is 10.4. The van der Waals surface area contributed by atoms with Crippen LogP contribution in [0.15, 0.2) is 66.7 Å². The lowest BCUT2D eigenvalue weighted by Crippen LogP contribution is -2.41. The van der Waals surface area contributed by atoms with Crippen LogP contribution in [0.4, 0.5) is 5.69 Å². The van der Waals surface area contributed by atoms with E-state index in [0.29, 0.717) is 16.3 Å². The highest BCUT2D eigenvalue weighted by Crippen LogP contribution is 2.20. The molecule has 0 aromatic heterocycles. The van der Waals surface area contributed by atoms with Crippen molar-refractivity contribution in [2.24, 2.45) is 0 Å². The van der Waals surface area contributed by atoms with Crippen LogP contribution in [0.2, 0.25) is 5.02 Å². The van der Waals surface area contributed by atoms with Gasteiger partial charge in [0.25, 0.3) is 5.91 Å². The first kappa shape index (κ1) is 20.4. The van der Waals surface area contributed by atoms with Gasteiger partial charge in [0.05, 0.1) is 23.8 Å². The van der Waals surface area contributed by atoms with Crippen molar-refractivity contribution in [3.8, 4) is 0 Å². The van der Waals surface area contributed by atoms with Gasteiger partial charge in [-0.15, -0.1) is 0 Å². The summed E-state index contributed by atoms with van der Waals surface area (Å²) in [6.07, 6.45) is 0. The van der Waals surface area contributed by atoms with E-state index >= 15 is 0 Å². The Labute approximate surface area is 173 Å². The second-order valence-electron chi connectivity index (χ2n) is 6.52. The maximum Gasteiger partial charge on any atom is 0.251 e. The zero-order valence-electron chi connectivity index (χ0n) is 15.8. The quantitative estimate of drug-likeness (QED) is 0.655. The lowest BCUT2D eigenvalue weighted by molar-refractivity contribution is -0.132. The van der Waals surface area contributed by atoms with Crippen LogP contribution in [-0.4, -0.2) is 42.8 Å². The summed E-state index contributed by atoms with van der Waals surface area (Å²) in [7, 11) is 1.50. The SMILES string of the molecule is CN(CC(=O)Nc1ccccc1Cl)C(=O)CNC(=O)c1ccc2ccccc2c1. The standard InChI is InChI=1S/C22H20ClN3O3/c1-26(14-20(27)25-19-9-5-4-8-18(19)23)21(28)13-24-22(29)17-11-10-15-6-2-3-7-16(15)12-17/h2-12H,13-14H2,1H3,(H,24,29)(H,25,27). The molecule has 0 saturated carbocycles. The fraction of sp³-hybridized carbons (Fsp3) is 0.136. The average molecular weight is 410 g/mol. The predicted octanol–water partition coefficient (Wildman–Crippen LogP) is 3.32. The minimum absolute atomic E-state index is 0.157. The first-order valence-corrected chi connectivity index (χ1v) is 9.37. The van der Waals surface area contributed by atoms with Gasteiger partial charge in [-0.1, -0.05) is 54.1 Å². The number of hydrogen-bond acceptors (Lipinski definition) is 3. The molecule has 0 spiro atoms. The highest BCUT2D eigenvalue weighted by molar-refractivity contribution is 6.33. The van der Waals surface area contributed by atoms with Crippen LogP contribution in [0, 0.1) is 0 Å². The second kappa shape index (κ2) is 9.21. The van der Waals surface area contributed by atoms with Crippen molar-refractivity contribution < 1.29 is 14.4 Å². The molecule has 0 aliphatic rings. The molecular weight excluding hydrogens is 390 g/mol. The molecule has 0 saturated heterocycles. The average Bonchev–Trinajstić information content (AvgIpc) is 2.73. The molecule has 0 fully saturated rings.